The Hall–Kier alpha value is -2.40. The van der Waals surface area contributed by atoms with Crippen molar-refractivity contribution in [2.45, 2.75) is 32.2 Å². The van der Waals surface area contributed by atoms with Gasteiger partial charge >= 0.3 is 0 Å². The second-order valence-corrected chi connectivity index (χ2v) is 5.92. The van der Waals surface area contributed by atoms with E-state index in [1.54, 1.807) is 19.2 Å². The highest BCUT2D eigenvalue weighted by atomic mass is 16.6. The van der Waals surface area contributed by atoms with Gasteiger partial charge in [0.15, 0.2) is 0 Å². The fraction of sp³-hybridized carbons (Fsp3) is 0.368. The number of benzene rings is 2. The monoisotopic (exact) mass is 328 g/mol. The Morgan fingerprint density at radius 1 is 1.04 bits per heavy atom. The Labute approximate surface area is 142 Å². The molecule has 24 heavy (non-hydrogen) atoms. The van der Waals surface area contributed by atoms with Crippen molar-refractivity contribution < 1.29 is 9.66 Å². The molecule has 0 aliphatic carbocycles. The fourth-order valence-electron chi connectivity index (χ4n) is 2.52. The topological polar surface area (TPSA) is 64.4 Å². The molecular weight excluding hydrogens is 304 g/mol. The largest absolute Gasteiger partial charge is 0.497 e. The molecule has 1 N–H and O–H groups in total. The summed E-state index contributed by atoms with van der Waals surface area (Å²) in [5, 5.41) is 14.2. The molecule has 0 fully saturated rings. The van der Waals surface area contributed by atoms with Crippen molar-refractivity contribution in [2.75, 3.05) is 13.7 Å². The average Bonchev–Trinajstić information content (AvgIpc) is 2.61. The molecule has 0 saturated carbocycles. The van der Waals surface area contributed by atoms with Crippen LogP contribution in [0.4, 0.5) is 5.69 Å². The van der Waals surface area contributed by atoms with E-state index in [0.29, 0.717) is 6.04 Å². The minimum atomic E-state index is -0.368. The van der Waals surface area contributed by atoms with Gasteiger partial charge in [0.25, 0.3) is 5.69 Å². The Morgan fingerprint density at radius 2 is 1.62 bits per heavy atom. The summed E-state index contributed by atoms with van der Waals surface area (Å²) in [4.78, 5) is 10.3. The van der Waals surface area contributed by atoms with Gasteiger partial charge in [0.2, 0.25) is 0 Å². The summed E-state index contributed by atoms with van der Waals surface area (Å²) >= 11 is 0. The zero-order valence-corrected chi connectivity index (χ0v) is 14.2. The van der Waals surface area contributed by atoms with E-state index in [4.69, 9.17) is 4.74 Å². The third-order valence-corrected chi connectivity index (χ3v) is 4.08. The fourth-order valence-corrected chi connectivity index (χ4v) is 2.52. The van der Waals surface area contributed by atoms with Gasteiger partial charge in [0.1, 0.15) is 5.75 Å². The lowest BCUT2D eigenvalue weighted by atomic mass is 10.1. The standard InChI is InChI=1S/C19H24N2O3/c1-15(3-4-16-5-9-18(10-6-16)21(22)23)20-14-13-17-7-11-19(24-2)12-8-17/h5-12,15,20H,3-4,13-14H2,1-2H3. The van der Waals surface area contributed by atoms with Crippen molar-refractivity contribution in [3.05, 3.63) is 69.8 Å². The number of nitrogens with zero attached hydrogens (tertiary/aromatic N) is 1. The predicted molar refractivity (Wildman–Crippen MR) is 95.6 cm³/mol. The quantitative estimate of drug-likeness (QED) is 0.562. The van der Waals surface area contributed by atoms with E-state index in [0.717, 1.165) is 37.1 Å². The van der Waals surface area contributed by atoms with Crippen LogP contribution >= 0.6 is 0 Å². The van der Waals surface area contributed by atoms with E-state index in [1.165, 1.54) is 5.56 Å². The minimum absolute atomic E-state index is 0.143. The van der Waals surface area contributed by atoms with Crippen LogP contribution in [0.3, 0.4) is 0 Å². The van der Waals surface area contributed by atoms with Crippen molar-refractivity contribution in [3.63, 3.8) is 0 Å². The van der Waals surface area contributed by atoms with Crippen molar-refractivity contribution >= 4 is 5.69 Å². The summed E-state index contributed by atoms with van der Waals surface area (Å²) < 4.78 is 5.15. The zero-order chi connectivity index (χ0) is 17.4. The Bertz CT molecular complexity index is 639. The summed E-state index contributed by atoms with van der Waals surface area (Å²) in [7, 11) is 1.67. The smallest absolute Gasteiger partial charge is 0.269 e. The third-order valence-electron chi connectivity index (χ3n) is 4.08. The molecule has 2 rings (SSSR count). The summed E-state index contributed by atoms with van der Waals surface area (Å²) in [6.07, 6.45) is 2.89. The molecule has 5 nitrogen and oxygen atoms in total. The minimum Gasteiger partial charge on any atom is -0.497 e. The normalized spacial score (nSPS) is 11.9. The molecule has 0 bridgehead atoms. The first-order valence-electron chi connectivity index (χ1n) is 8.18. The number of hydrogen-bond donors (Lipinski definition) is 1. The molecule has 5 heteroatoms. The number of nitro benzene ring substituents is 1. The molecule has 1 unspecified atom stereocenters. The number of ether oxygens (including phenoxy) is 1. The van der Waals surface area contributed by atoms with Crippen molar-refractivity contribution in [1.82, 2.24) is 5.32 Å². The number of hydrogen-bond acceptors (Lipinski definition) is 4. The van der Waals surface area contributed by atoms with E-state index in [1.807, 2.05) is 24.3 Å². The van der Waals surface area contributed by atoms with Crippen molar-refractivity contribution in [1.29, 1.82) is 0 Å². The van der Waals surface area contributed by atoms with Crippen LogP contribution in [0.1, 0.15) is 24.5 Å². The zero-order valence-electron chi connectivity index (χ0n) is 14.2. The lowest BCUT2D eigenvalue weighted by Gasteiger charge is -2.14. The number of non-ortho nitro benzene ring substituents is 1. The average molecular weight is 328 g/mol. The van der Waals surface area contributed by atoms with Crippen LogP contribution in [-0.2, 0) is 12.8 Å². The van der Waals surface area contributed by atoms with E-state index >= 15 is 0 Å². The molecule has 0 saturated heterocycles. The van der Waals surface area contributed by atoms with E-state index < -0.39 is 0 Å². The van der Waals surface area contributed by atoms with Crippen molar-refractivity contribution in [2.24, 2.45) is 0 Å². The molecule has 2 aromatic rings. The molecule has 0 spiro atoms. The van der Waals surface area contributed by atoms with E-state index in [9.17, 15) is 10.1 Å². The SMILES string of the molecule is COc1ccc(CCNC(C)CCc2ccc([N+](=O)[O-])cc2)cc1. The van der Waals surface area contributed by atoms with Crippen molar-refractivity contribution in [3.8, 4) is 5.75 Å². The van der Waals surface area contributed by atoms with E-state index in [2.05, 4.69) is 24.4 Å². The van der Waals surface area contributed by atoms with Gasteiger partial charge in [-0.2, -0.15) is 0 Å². The first kappa shape index (κ1) is 17.9. The molecule has 0 aromatic heterocycles. The van der Waals surface area contributed by atoms with Gasteiger partial charge in [-0.3, -0.25) is 10.1 Å². The van der Waals surface area contributed by atoms with Gasteiger partial charge < -0.3 is 10.1 Å². The van der Waals surface area contributed by atoms with Gasteiger partial charge in [0.05, 0.1) is 12.0 Å². The highest BCUT2D eigenvalue weighted by Gasteiger charge is 2.06. The van der Waals surface area contributed by atoms with Crippen LogP contribution in [0.2, 0.25) is 0 Å². The summed E-state index contributed by atoms with van der Waals surface area (Å²) in [5.41, 5.74) is 2.56. The van der Waals surface area contributed by atoms with Crippen LogP contribution in [0.5, 0.6) is 5.75 Å². The lowest BCUT2D eigenvalue weighted by Crippen LogP contribution is -2.28. The molecule has 2 aromatic carbocycles. The van der Waals surface area contributed by atoms with Gasteiger partial charge in [-0.05, 0) is 56.0 Å². The van der Waals surface area contributed by atoms with Gasteiger partial charge in [-0.1, -0.05) is 24.3 Å². The number of aryl methyl sites for hydroxylation is 1. The number of nitrogens with one attached hydrogen (secondary N) is 1. The summed E-state index contributed by atoms with van der Waals surface area (Å²) in [6, 6.07) is 15.3. The van der Waals surface area contributed by atoms with Crippen LogP contribution in [0.25, 0.3) is 0 Å². The highest BCUT2D eigenvalue weighted by Crippen LogP contribution is 2.14. The van der Waals surface area contributed by atoms with Crippen LogP contribution in [-0.4, -0.2) is 24.6 Å². The molecule has 0 amide bonds. The molecule has 0 heterocycles. The number of nitro groups is 1. The van der Waals surface area contributed by atoms with Crippen LogP contribution < -0.4 is 10.1 Å². The van der Waals surface area contributed by atoms with Crippen LogP contribution in [0.15, 0.2) is 48.5 Å². The second-order valence-electron chi connectivity index (χ2n) is 5.92. The molecule has 0 radical (unpaired) electrons. The maximum absolute atomic E-state index is 10.6. The Balaban J connectivity index is 1.69. The first-order chi connectivity index (χ1) is 11.6. The van der Waals surface area contributed by atoms with E-state index in [-0.39, 0.29) is 10.6 Å². The number of methoxy groups -OCH3 is 1. The number of rotatable bonds is 9. The Kier molecular flexibility index (Phi) is 6.75. The first-order valence-corrected chi connectivity index (χ1v) is 8.18. The molecule has 0 aliphatic rings. The summed E-state index contributed by atoms with van der Waals surface area (Å²) in [5.74, 6) is 0.878. The lowest BCUT2D eigenvalue weighted by molar-refractivity contribution is -0.384. The maximum Gasteiger partial charge on any atom is 0.269 e. The predicted octanol–water partition coefficient (Wildman–Crippen LogP) is 3.76. The molecular formula is C19H24N2O3. The summed E-state index contributed by atoms with van der Waals surface area (Å²) in [6.45, 7) is 3.09. The van der Waals surface area contributed by atoms with Crippen LogP contribution in [0, 0.1) is 10.1 Å². The van der Waals surface area contributed by atoms with Gasteiger partial charge in [-0.25, -0.2) is 0 Å². The molecule has 128 valence electrons. The van der Waals surface area contributed by atoms with Gasteiger partial charge in [0, 0.05) is 18.2 Å². The Morgan fingerprint density at radius 3 is 2.21 bits per heavy atom. The molecule has 0 aliphatic heterocycles. The van der Waals surface area contributed by atoms with Gasteiger partial charge in [-0.15, -0.1) is 0 Å². The molecule has 1 atom stereocenters. The highest BCUT2D eigenvalue weighted by molar-refractivity contribution is 5.33. The maximum atomic E-state index is 10.6. The third kappa shape index (κ3) is 5.66. The second kappa shape index (κ2) is 9.03.